The highest BCUT2D eigenvalue weighted by Crippen LogP contribution is 2.23. The number of rotatable bonds is 14. The van der Waals surface area contributed by atoms with Crippen molar-refractivity contribution >= 4 is 0 Å². The third-order valence-corrected chi connectivity index (χ3v) is 5.56. The molecule has 1 aliphatic heterocycles. The molecule has 0 bridgehead atoms. The van der Waals surface area contributed by atoms with Gasteiger partial charge in [0.05, 0.1) is 33.9 Å². The molecule has 3 heteroatoms. The molecule has 0 saturated carbocycles. The van der Waals surface area contributed by atoms with E-state index in [1.54, 1.807) is 0 Å². The zero-order valence-electron chi connectivity index (χ0n) is 16.9. The van der Waals surface area contributed by atoms with Gasteiger partial charge in [-0.05, 0) is 12.5 Å². The average Bonchev–Trinajstić information content (AvgIpc) is 2.89. The Morgan fingerprint density at radius 2 is 1.25 bits per heavy atom. The fourth-order valence-corrected chi connectivity index (χ4v) is 3.76. The number of unbranched alkanes of at least 4 members (excludes halogenated alkanes) is 11. The monoisotopic (exact) mass is 341 g/mol. The summed E-state index contributed by atoms with van der Waals surface area (Å²) in [6.45, 7) is 2.92. The second kappa shape index (κ2) is 12.3. The van der Waals surface area contributed by atoms with Crippen molar-refractivity contribution in [2.45, 2.75) is 109 Å². The van der Waals surface area contributed by atoms with Crippen molar-refractivity contribution in [3.63, 3.8) is 0 Å². The van der Waals surface area contributed by atoms with Crippen LogP contribution in [0.1, 0.15) is 90.4 Å². The molecule has 1 rings (SSSR count). The summed E-state index contributed by atoms with van der Waals surface area (Å²) in [5.41, 5.74) is 0. The van der Waals surface area contributed by atoms with Crippen LogP contribution in [0.5, 0.6) is 0 Å². The van der Waals surface area contributed by atoms with E-state index in [1.165, 1.54) is 70.6 Å². The molecule has 0 spiro atoms. The Morgan fingerprint density at radius 3 is 1.67 bits per heavy atom. The minimum Gasteiger partial charge on any atom is -0.846 e. The standard InChI is InChI=1S/C21H43NO2/c1-5-6-7-8-9-10-11-12-13-14-15-16-17-20-21(23)19(18-24-20)22(2,3)4/h19-21H,5-18H2,1-4H3/t19-,20+,21-/m1/s1. The van der Waals surface area contributed by atoms with E-state index in [2.05, 4.69) is 28.1 Å². The molecular formula is C21H43NO2. The van der Waals surface area contributed by atoms with E-state index in [4.69, 9.17) is 4.74 Å². The van der Waals surface area contributed by atoms with Crippen LogP contribution in [-0.4, -0.2) is 50.5 Å². The smallest absolute Gasteiger partial charge is 0.102 e. The Morgan fingerprint density at radius 1 is 0.792 bits per heavy atom. The van der Waals surface area contributed by atoms with Crippen LogP contribution in [0.3, 0.4) is 0 Å². The maximum atomic E-state index is 12.4. The second-order valence-electron chi connectivity index (χ2n) is 8.70. The lowest BCUT2D eigenvalue weighted by Crippen LogP contribution is -2.57. The van der Waals surface area contributed by atoms with Crippen molar-refractivity contribution in [2.75, 3.05) is 27.7 Å². The largest absolute Gasteiger partial charge is 0.846 e. The highest BCUT2D eigenvalue weighted by Gasteiger charge is 2.37. The lowest BCUT2D eigenvalue weighted by molar-refractivity contribution is -0.904. The molecule has 1 fully saturated rings. The van der Waals surface area contributed by atoms with Gasteiger partial charge in [-0.1, -0.05) is 84.0 Å². The summed E-state index contributed by atoms with van der Waals surface area (Å²) in [4.78, 5) is 0. The van der Waals surface area contributed by atoms with Gasteiger partial charge in [0.1, 0.15) is 6.04 Å². The Hall–Kier alpha value is -0.120. The molecular weight excluding hydrogens is 298 g/mol. The summed E-state index contributed by atoms with van der Waals surface area (Å²) in [6.07, 6.45) is 16.7. The fourth-order valence-electron chi connectivity index (χ4n) is 3.76. The van der Waals surface area contributed by atoms with Crippen LogP contribution >= 0.6 is 0 Å². The van der Waals surface area contributed by atoms with Crippen LogP contribution in [0.2, 0.25) is 0 Å². The van der Waals surface area contributed by atoms with Gasteiger partial charge in [0, 0.05) is 0 Å². The van der Waals surface area contributed by atoms with Gasteiger partial charge in [0.25, 0.3) is 0 Å². The van der Waals surface area contributed by atoms with E-state index in [9.17, 15) is 5.11 Å². The van der Waals surface area contributed by atoms with Gasteiger partial charge >= 0.3 is 0 Å². The fraction of sp³-hybridized carbons (Fsp3) is 1.00. The van der Waals surface area contributed by atoms with Crippen LogP contribution in [0, 0.1) is 0 Å². The predicted molar refractivity (Wildman–Crippen MR) is 101 cm³/mol. The number of hydrogen-bond acceptors (Lipinski definition) is 2. The quantitative estimate of drug-likeness (QED) is 0.349. The maximum absolute atomic E-state index is 12.4. The summed E-state index contributed by atoms with van der Waals surface area (Å²) in [7, 11) is 6.31. The summed E-state index contributed by atoms with van der Waals surface area (Å²) in [5.74, 6) is 0. The van der Waals surface area contributed by atoms with Gasteiger partial charge in [-0.3, -0.25) is 0 Å². The van der Waals surface area contributed by atoms with Gasteiger partial charge in [-0.15, -0.1) is 0 Å². The van der Waals surface area contributed by atoms with E-state index >= 15 is 0 Å². The van der Waals surface area contributed by atoms with E-state index in [0.29, 0.717) is 6.61 Å². The Kier molecular flexibility index (Phi) is 11.2. The van der Waals surface area contributed by atoms with Crippen LogP contribution in [0.15, 0.2) is 0 Å². The molecule has 0 amide bonds. The van der Waals surface area contributed by atoms with Crippen LogP contribution in [-0.2, 0) is 4.74 Å². The van der Waals surface area contributed by atoms with E-state index in [1.807, 2.05) is 0 Å². The molecule has 0 aromatic carbocycles. The predicted octanol–water partition coefficient (Wildman–Crippen LogP) is 4.28. The first-order valence-corrected chi connectivity index (χ1v) is 10.6. The molecule has 0 N–H and O–H groups in total. The molecule has 0 unspecified atom stereocenters. The minimum absolute atomic E-state index is 0.0459. The zero-order valence-corrected chi connectivity index (χ0v) is 16.9. The van der Waals surface area contributed by atoms with Crippen molar-refractivity contribution < 1.29 is 14.3 Å². The summed E-state index contributed by atoms with van der Waals surface area (Å²) in [5, 5.41) is 12.4. The third kappa shape index (κ3) is 8.82. The van der Waals surface area contributed by atoms with Gasteiger partial charge < -0.3 is 14.3 Å². The first-order valence-electron chi connectivity index (χ1n) is 10.6. The van der Waals surface area contributed by atoms with Crippen LogP contribution in [0.4, 0.5) is 0 Å². The highest BCUT2D eigenvalue weighted by atomic mass is 16.5. The van der Waals surface area contributed by atoms with Gasteiger partial charge in [0.15, 0.2) is 0 Å². The minimum atomic E-state index is -0.544. The maximum Gasteiger partial charge on any atom is 0.102 e. The van der Waals surface area contributed by atoms with Crippen LogP contribution < -0.4 is 5.11 Å². The van der Waals surface area contributed by atoms with Crippen LogP contribution in [0.25, 0.3) is 0 Å². The van der Waals surface area contributed by atoms with Crippen molar-refractivity contribution in [3.8, 4) is 0 Å². The second-order valence-corrected chi connectivity index (χ2v) is 8.70. The van der Waals surface area contributed by atoms with E-state index in [0.717, 1.165) is 17.3 Å². The molecule has 0 radical (unpaired) electrons. The first kappa shape index (κ1) is 21.9. The molecule has 24 heavy (non-hydrogen) atoms. The molecule has 3 atom stereocenters. The first-order chi connectivity index (χ1) is 11.5. The topological polar surface area (TPSA) is 32.3 Å². The molecule has 3 nitrogen and oxygen atoms in total. The molecule has 0 aromatic rings. The van der Waals surface area contributed by atoms with Gasteiger partial charge in [-0.2, -0.15) is 0 Å². The molecule has 0 aliphatic carbocycles. The number of ether oxygens (including phenoxy) is 1. The molecule has 1 saturated heterocycles. The summed E-state index contributed by atoms with van der Waals surface area (Å²) >= 11 is 0. The van der Waals surface area contributed by atoms with Gasteiger partial charge in [-0.25, -0.2) is 0 Å². The van der Waals surface area contributed by atoms with E-state index in [-0.39, 0.29) is 12.1 Å². The van der Waals surface area contributed by atoms with E-state index < -0.39 is 6.10 Å². The zero-order chi connectivity index (χ0) is 17.8. The lowest BCUT2D eigenvalue weighted by Gasteiger charge is -2.38. The average molecular weight is 342 g/mol. The highest BCUT2D eigenvalue weighted by molar-refractivity contribution is 4.83. The number of nitrogens with zero attached hydrogens (tertiary/aromatic N) is 1. The molecule has 0 aromatic heterocycles. The van der Waals surface area contributed by atoms with Crippen molar-refractivity contribution in [1.82, 2.24) is 0 Å². The van der Waals surface area contributed by atoms with Gasteiger partial charge in [0.2, 0.25) is 0 Å². The Bertz CT molecular complexity index is 301. The summed E-state index contributed by atoms with van der Waals surface area (Å²) < 4.78 is 6.50. The number of likely N-dealkylation sites (N-methyl/N-ethyl adjacent to an activating group) is 1. The van der Waals surface area contributed by atoms with Crippen molar-refractivity contribution in [3.05, 3.63) is 0 Å². The lowest BCUT2D eigenvalue weighted by atomic mass is 10.0. The molecule has 1 aliphatic rings. The number of quaternary nitrogens is 1. The normalized spacial score (nSPS) is 24.6. The number of hydrogen-bond donors (Lipinski definition) is 0. The van der Waals surface area contributed by atoms with Crippen molar-refractivity contribution in [1.29, 1.82) is 0 Å². The Labute approximate surface area is 151 Å². The third-order valence-electron chi connectivity index (χ3n) is 5.56. The SMILES string of the molecule is CCCCCCCCCCCCCC[C@@H]1OC[C@@H]([N+](C)(C)C)[C@H]1[O-]. The molecule has 144 valence electrons. The van der Waals surface area contributed by atoms with Crippen molar-refractivity contribution in [2.24, 2.45) is 0 Å². The summed E-state index contributed by atoms with van der Waals surface area (Å²) in [6, 6.07) is 0.118. The molecule has 1 heterocycles. The Balaban J connectivity index is 1.91.